The molecule has 0 aliphatic carbocycles. The molecular formula is C9H12FN3O2S. The van der Waals surface area contributed by atoms with Gasteiger partial charge in [-0.05, 0) is 18.2 Å². The molecule has 7 heteroatoms. The second-order valence-electron chi connectivity index (χ2n) is 3.44. The van der Waals surface area contributed by atoms with Crippen molar-refractivity contribution in [3.8, 4) is 0 Å². The maximum Gasteiger partial charge on any atom is 0.353 e. The van der Waals surface area contributed by atoms with Crippen molar-refractivity contribution in [3.63, 3.8) is 0 Å². The van der Waals surface area contributed by atoms with E-state index in [1.165, 1.54) is 24.6 Å². The summed E-state index contributed by atoms with van der Waals surface area (Å²) in [6.45, 7) is 0. The van der Waals surface area contributed by atoms with Gasteiger partial charge in [-0.1, -0.05) is 0 Å². The number of nitrogens with zero attached hydrogens (tertiary/aromatic N) is 1. The van der Waals surface area contributed by atoms with Crippen LogP contribution in [0.4, 0.5) is 20.6 Å². The zero-order valence-electron chi connectivity index (χ0n) is 8.86. The van der Waals surface area contributed by atoms with E-state index in [0.717, 1.165) is 6.07 Å². The van der Waals surface area contributed by atoms with Gasteiger partial charge in [0.25, 0.3) is 0 Å². The van der Waals surface area contributed by atoms with Gasteiger partial charge in [0.2, 0.25) is 0 Å². The lowest BCUT2D eigenvalue weighted by Crippen LogP contribution is -2.10. The summed E-state index contributed by atoms with van der Waals surface area (Å²) >= 11 is 0. The fraction of sp³-hybridized carbons (Fsp3) is 0.222. The minimum Gasteiger partial charge on any atom is -0.399 e. The van der Waals surface area contributed by atoms with Gasteiger partial charge in [-0.25, -0.2) is 13.4 Å². The Morgan fingerprint density at radius 1 is 1.50 bits per heavy atom. The summed E-state index contributed by atoms with van der Waals surface area (Å²) in [6.07, 6.45) is 2.62. The van der Waals surface area contributed by atoms with Crippen LogP contribution in [0.25, 0.3) is 0 Å². The number of amides is 2. The molecule has 88 valence electrons. The van der Waals surface area contributed by atoms with Crippen LogP contribution in [0.2, 0.25) is 0 Å². The Labute approximate surface area is 93.0 Å². The van der Waals surface area contributed by atoms with E-state index in [4.69, 9.17) is 5.73 Å². The van der Waals surface area contributed by atoms with Gasteiger partial charge >= 0.3 is 6.03 Å². The molecule has 0 heterocycles. The topological polar surface area (TPSA) is 84.5 Å². The molecular weight excluding hydrogens is 233 g/mol. The first-order valence-corrected chi connectivity index (χ1v) is 6.64. The Balaban J connectivity index is 2.94. The zero-order valence-corrected chi connectivity index (χ0v) is 9.68. The summed E-state index contributed by atoms with van der Waals surface area (Å²) in [6, 6.07) is 2.89. The van der Waals surface area contributed by atoms with E-state index in [2.05, 4.69) is 9.68 Å². The summed E-state index contributed by atoms with van der Waals surface area (Å²) in [4.78, 5) is 11.2. The van der Waals surface area contributed by atoms with E-state index < -0.39 is 21.6 Å². The average molecular weight is 245 g/mol. The summed E-state index contributed by atoms with van der Waals surface area (Å²) in [5, 5.41) is 2.17. The van der Waals surface area contributed by atoms with Crippen LogP contribution in [0.1, 0.15) is 0 Å². The second-order valence-corrected chi connectivity index (χ2v) is 5.99. The van der Waals surface area contributed by atoms with Crippen molar-refractivity contribution in [2.45, 2.75) is 0 Å². The lowest BCUT2D eigenvalue weighted by molar-refractivity contribution is 0.260. The van der Waals surface area contributed by atoms with Crippen molar-refractivity contribution in [1.82, 2.24) is 0 Å². The fourth-order valence-electron chi connectivity index (χ4n) is 0.976. The predicted molar refractivity (Wildman–Crippen MR) is 62.2 cm³/mol. The standard InChI is InChI=1S/C9H12FN3O2S/c1-16(2,15)13-9(14)12-8-5-6(11)3-4-7(8)10/h3-5H,11H2,1-2H3,(H,12,14). The van der Waals surface area contributed by atoms with Crippen LogP contribution < -0.4 is 11.1 Å². The van der Waals surface area contributed by atoms with Gasteiger partial charge in [-0.15, -0.1) is 4.36 Å². The van der Waals surface area contributed by atoms with Crippen molar-refractivity contribution in [2.24, 2.45) is 4.36 Å². The van der Waals surface area contributed by atoms with Gasteiger partial charge in [0.05, 0.1) is 15.4 Å². The first-order valence-electron chi connectivity index (χ1n) is 4.31. The SMILES string of the molecule is CS(C)(=O)=NC(=O)Nc1cc(N)ccc1F. The third kappa shape index (κ3) is 3.85. The Hall–Kier alpha value is -1.63. The third-order valence-corrected chi connectivity index (χ3v) is 2.14. The third-order valence-electron chi connectivity index (χ3n) is 1.53. The number of benzene rings is 1. The van der Waals surface area contributed by atoms with Crippen LogP contribution >= 0.6 is 0 Å². The number of nitrogens with two attached hydrogens (primary N) is 1. The molecule has 0 aromatic heterocycles. The highest BCUT2D eigenvalue weighted by molar-refractivity contribution is 7.92. The van der Waals surface area contributed by atoms with Crippen molar-refractivity contribution in [3.05, 3.63) is 24.0 Å². The first-order chi connectivity index (χ1) is 7.28. The van der Waals surface area contributed by atoms with Gasteiger partial charge < -0.3 is 11.1 Å². The van der Waals surface area contributed by atoms with Crippen molar-refractivity contribution >= 4 is 27.1 Å². The van der Waals surface area contributed by atoms with Crippen LogP contribution in [0.3, 0.4) is 0 Å². The quantitative estimate of drug-likeness (QED) is 0.738. The van der Waals surface area contributed by atoms with Gasteiger partial charge in [0, 0.05) is 18.2 Å². The van der Waals surface area contributed by atoms with Gasteiger partial charge in [0.1, 0.15) is 5.82 Å². The summed E-state index contributed by atoms with van der Waals surface area (Å²) < 4.78 is 27.7. The Kier molecular flexibility index (Phi) is 3.48. The molecule has 1 rings (SSSR count). The highest BCUT2D eigenvalue weighted by Crippen LogP contribution is 2.17. The van der Waals surface area contributed by atoms with E-state index in [9.17, 15) is 13.4 Å². The largest absolute Gasteiger partial charge is 0.399 e. The molecule has 5 nitrogen and oxygen atoms in total. The lowest BCUT2D eigenvalue weighted by Gasteiger charge is -2.04. The number of halogens is 1. The molecule has 0 bridgehead atoms. The Bertz CT molecular complexity index is 528. The summed E-state index contributed by atoms with van der Waals surface area (Å²) in [5.74, 6) is -0.628. The van der Waals surface area contributed by atoms with Crippen molar-refractivity contribution in [1.29, 1.82) is 0 Å². The minimum absolute atomic E-state index is 0.0857. The maximum absolute atomic E-state index is 13.2. The average Bonchev–Trinajstić information content (AvgIpc) is 2.08. The van der Waals surface area contributed by atoms with Gasteiger partial charge in [0.15, 0.2) is 0 Å². The van der Waals surface area contributed by atoms with E-state index in [1.54, 1.807) is 0 Å². The maximum atomic E-state index is 13.2. The first kappa shape index (κ1) is 12.4. The second kappa shape index (κ2) is 4.48. The Morgan fingerprint density at radius 2 is 2.12 bits per heavy atom. The van der Waals surface area contributed by atoms with E-state index in [-0.39, 0.29) is 5.69 Å². The molecule has 0 saturated carbocycles. The van der Waals surface area contributed by atoms with Gasteiger partial charge in [-0.2, -0.15) is 0 Å². The number of hydrogen-bond donors (Lipinski definition) is 2. The fourth-order valence-corrected chi connectivity index (χ4v) is 1.42. The molecule has 0 aliphatic rings. The van der Waals surface area contributed by atoms with Crippen LogP contribution in [-0.4, -0.2) is 22.8 Å². The normalized spacial score (nSPS) is 10.9. The highest BCUT2D eigenvalue weighted by atomic mass is 32.2. The molecule has 0 radical (unpaired) electrons. The number of nitrogens with one attached hydrogen (secondary N) is 1. The number of rotatable bonds is 1. The molecule has 1 aromatic rings. The number of anilines is 2. The molecule has 0 unspecified atom stereocenters. The molecule has 0 atom stereocenters. The molecule has 3 N–H and O–H groups in total. The Morgan fingerprint density at radius 3 is 2.69 bits per heavy atom. The van der Waals surface area contributed by atoms with Crippen LogP contribution in [0, 0.1) is 5.82 Å². The number of carbonyl (C=O) groups excluding carboxylic acids is 1. The van der Waals surface area contributed by atoms with Crippen LogP contribution in [0.15, 0.2) is 22.6 Å². The molecule has 0 saturated heterocycles. The smallest absolute Gasteiger partial charge is 0.353 e. The van der Waals surface area contributed by atoms with E-state index >= 15 is 0 Å². The monoisotopic (exact) mass is 245 g/mol. The molecule has 0 spiro atoms. The number of carbonyl (C=O) groups is 1. The van der Waals surface area contributed by atoms with E-state index in [1.807, 2.05) is 0 Å². The number of nitrogen functional groups attached to an aromatic ring is 1. The number of urea groups is 1. The predicted octanol–water partition coefficient (Wildman–Crippen LogP) is 1.67. The minimum atomic E-state index is -2.56. The highest BCUT2D eigenvalue weighted by Gasteiger charge is 2.07. The molecule has 0 fully saturated rings. The summed E-state index contributed by atoms with van der Waals surface area (Å²) in [5.41, 5.74) is 5.65. The molecule has 2 amide bonds. The van der Waals surface area contributed by atoms with Crippen molar-refractivity contribution < 1.29 is 13.4 Å². The molecule has 0 aliphatic heterocycles. The van der Waals surface area contributed by atoms with Crippen molar-refractivity contribution in [2.75, 3.05) is 23.6 Å². The lowest BCUT2D eigenvalue weighted by atomic mass is 10.3. The van der Waals surface area contributed by atoms with Crippen LogP contribution in [0.5, 0.6) is 0 Å². The zero-order chi connectivity index (χ0) is 12.3. The molecule has 16 heavy (non-hydrogen) atoms. The molecule has 1 aromatic carbocycles. The summed E-state index contributed by atoms with van der Waals surface area (Å²) in [7, 11) is -2.56. The van der Waals surface area contributed by atoms with E-state index in [0.29, 0.717) is 5.69 Å². The number of hydrogen-bond acceptors (Lipinski definition) is 3. The van der Waals surface area contributed by atoms with Gasteiger partial charge in [-0.3, -0.25) is 0 Å². The van der Waals surface area contributed by atoms with Crippen LogP contribution in [-0.2, 0) is 9.73 Å².